The molecule has 0 amide bonds. The minimum Gasteiger partial charge on any atom is -0.493 e. The molecule has 0 aromatic heterocycles. The van der Waals surface area contributed by atoms with Crippen LogP contribution >= 0.6 is 0 Å². The highest BCUT2D eigenvalue weighted by Gasteiger charge is 2.32. The summed E-state index contributed by atoms with van der Waals surface area (Å²) in [5, 5.41) is 9.16. The number of halogens is 1. The van der Waals surface area contributed by atoms with Gasteiger partial charge in [-0.05, 0) is 123 Å². The maximum absolute atomic E-state index is 15.3. The molecule has 2 aliphatic rings. The van der Waals surface area contributed by atoms with Crippen molar-refractivity contribution in [2.75, 3.05) is 19.5 Å². The number of carboxylic acid groups (broad SMARTS) is 1. The third-order valence-corrected chi connectivity index (χ3v) is 11.1. The van der Waals surface area contributed by atoms with Crippen LogP contribution in [0.1, 0.15) is 78.3 Å². The number of ether oxygens (including phenoxy) is 2. The molecule has 3 aromatic carbocycles. The van der Waals surface area contributed by atoms with Gasteiger partial charge in [0, 0.05) is 17.7 Å². The van der Waals surface area contributed by atoms with E-state index in [1.54, 1.807) is 19.9 Å². The third-order valence-electron chi connectivity index (χ3n) is 8.98. The van der Waals surface area contributed by atoms with Crippen LogP contribution < -0.4 is 9.47 Å². The van der Waals surface area contributed by atoms with Gasteiger partial charge in [0.05, 0.1) is 13.0 Å². The molecule has 0 bridgehead atoms. The van der Waals surface area contributed by atoms with Gasteiger partial charge in [-0.15, -0.1) is 0 Å². The number of hydrogen-bond donors (Lipinski definition) is 1. The fraction of sp³-hybridized carbons (Fsp3) is 0.441. The van der Waals surface area contributed by atoms with Crippen molar-refractivity contribution in [2.24, 2.45) is 0 Å². The topological polar surface area (TPSA) is 89.9 Å². The van der Waals surface area contributed by atoms with E-state index in [-0.39, 0.29) is 30.7 Å². The number of carboxylic acids is 1. The molecule has 0 spiro atoms. The molecule has 8 heteroatoms. The first-order valence-corrected chi connectivity index (χ1v) is 16.4. The Morgan fingerprint density at radius 1 is 1.10 bits per heavy atom. The molecule has 1 N–H and O–H groups in total. The zero-order valence-corrected chi connectivity index (χ0v) is 25.7. The summed E-state index contributed by atoms with van der Waals surface area (Å²) in [6, 6.07) is 13.3. The van der Waals surface area contributed by atoms with Crippen molar-refractivity contribution >= 4 is 15.8 Å². The number of sulfone groups is 1. The van der Waals surface area contributed by atoms with Gasteiger partial charge in [-0.2, -0.15) is 0 Å². The highest BCUT2D eigenvalue weighted by Crippen LogP contribution is 2.45. The number of hydrogen-bond acceptors (Lipinski definition) is 5. The predicted octanol–water partition coefficient (Wildman–Crippen LogP) is 6.92. The summed E-state index contributed by atoms with van der Waals surface area (Å²) in [4.78, 5) is 11.2. The molecular formula is C34H39FO6S. The third kappa shape index (κ3) is 5.91. The molecule has 5 rings (SSSR count). The van der Waals surface area contributed by atoms with Gasteiger partial charge in [0.1, 0.15) is 28.7 Å². The van der Waals surface area contributed by atoms with Gasteiger partial charge in [0.15, 0.2) is 9.84 Å². The van der Waals surface area contributed by atoms with Gasteiger partial charge in [0.2, 0.25) is 0 Å². The molecule has 1 aliphatic carbocycles. The summed E-state index contributed by atoms with van der Waals surface area (Å²) >= 11 is 0. The second kappa shape index (κ2) is 11.4. The summed E-state index contributed by atoms with van der Waals surface area (Å²) in [5.41, 5.74) is 8.03. The Kier molecular flexibility index (Phi) is 8.14. The minimum absolute atomic E-state index is 0.0525. The average molecular weight is 595 g/mol. The van der Waals surface area contributed by atoms with Gasteiger partial charge in [-0.1, -0.05) is 18.2 Å². The Morgan fingerprint density at radius 3 is 2.48 bits per heavy atom. The lowest BCUT2D eigenvalue weighted by molar-refractivity contribution is -0.137. The summed E-state index contributed by atoms with van der Waals surface area (Å²) in [5.74, 6) is 0.378. The van der Waals surface area contributed by atoms with Crippen LogP contribution in [0.2, 0.25) is 0 Å². The van der Waals surface area contributed by atoms with Crippen LogP contribution in [0.15, 0.2) is 42.5 Å². The second-order valence-corrected chi connectivity index (χ2v) is 15.1. The van der Waals surface area contributed by atoms with Crippen LogP contribution in [0.3, 0.4) is 0 Å². The van der Waals surface area contributed by atoms with E-state index in [1.165, 1.54) is 6.26 Å². The van der Waals surface area contributed by atoms with E-state index in [2.05, 4.69) is 0 Å². The molecule has 0 fully saturated rings. The highest BCUT2D eigenvalue weighted by molar-refractivity contribution is 7.92. The van der Waals surface area contributed by atoms with Gasteiger partial charge in [0.25, 0.3) is 0 Å². The first-order valence-electron chi connectivity index (χ1n) is 14.5. The fourth-order valence-electron chi connectivity index (χ4n) is 6.33. The van der Waals surface area contributed by atoms with Crippen molar-refractivity contribution < 1.29 is 32.2 Å². The van der Waals surface area contributed by atoms with Crippen LogP contribution in [0.25, 0.3) is 11.1 Å². The number of benzene rings is 3. The zero-order chi connectivity index (χ0) is 30.4. The van der Waals surface area contributed by atoms with Crippen molar-refractivity contribution in [1.82, 2.24) is 0 Å². The molecule has 0 radical (unpaired) electrons. The van der Waals surface area contributed by atoms with Crippen LogP contribution in [-0.4, -0.2) is 43.7 Å². The van der Waals surface area contributed by atoms with E-state index in [0.29, 0.717) is 12.4 Å². The molecule has 224 valence electrons. The van der Waals surface area contributed by atoms with E-state index in [9.17, 15) is 13.2 Å². The lowest BCUT2D eigenvalue weighted by Crippen LogP contribution is -2.37. The lowest BCUT2D eigenvalue weighted by Gasteiger charge is -2.23. The standard InChI is InChI=1S/C34H39FO6S/c1-20-14-25(41-19-34(3,4)42(5,38)39)15-21(2)32(20)27-12-13-29(35)33-23(9-11-28(27)33)8-6-22-7-10-26-24(17-31(36)37)18-40-30(26)16-22/h7,10,12-16,23-24H,6,8-9,11,17-19H2,1-5H3,(H,36,37)/t23-,24-/m1/s1. The summed E-state index contributed by atoms with van der Waals surface area (Å²) in [6.45, 7) is 7.78. The number of aryl methyl sites for hydroxylation is 3. The Morgan fingerprint density at radius 2 is 1.81 bits per heavy atom. The fourth-order valence-corrected chi connectivity index (χ4v) is 6.60. The smallest absolute Gasteiger partial charge is 0.304 e. The predicted molar refractivity (Wildman–Crippen MR) is 162 cm³/mol. The van der Waals surface area contributed by atoms with E-state index >= 15 is 4.39 Å². The van der Waals surface area contributed by atoms with Crippen LogP contribution in [-0.2, 0) is 27.5 Å². The van der Waals surface area contributed by atoms with Gasteiger partial charge in [-0.3, -0.25) is 4.79 Å². The van der Waals surface area contributed by atoms with Crippen molar-refractivity contribution in [3.8, 4) is 22.6 Å². The quantitative estimate of drug-likeness (QED) is 0.274. The SMILES string of the molecule is Cc1cc(OCC(C)(C)S(C)(=O)=O)cc(C)c1-c1ccc(F)c2c1CC[C@H]2CCc1ccc2c(c1)OC[C@H]2CC(=O)O. The Hall–Kier alpha value is -3.39. The summed E-state index contributed by atoms with van der Waals surface area (Å²) in [7, 11) is -3.28. The number of carbonyl (C=O) groups is 1. The van der Waals surface area contributed by atoms with Crippen molar-refractivity contribution in [3.05, 3.63) is 81.7 Å². The monoisotopic (exact) mass is 594 g/mol. The Bertz CT molecular complexity index is 1620. The first-order chi connectivity index (χ1) is 19.7. The highest BCUT2D eigenvalue weighted by atomic mass is 32.2. The van der Waals surface area contributed by atoms with E-state index in [1.807, 2.05) is 50.2 Å². The molecule has 3 aromatic rings. The maximum atomic E-state index is 15.3. The van der Waals surface area contributed by atoms with Gasteiger partial charge in [-0.25, -0.2) is 12.8 Å². The second-order valence-electron chi connectivity index (χ2n) is 12.5. The largest absolute Gasteiger partial charge is 0.493 e. The molecular weight excluding hydrogens is 555 g/mol. The molecule has 1 aliphatic heterocycles. The molecule has 0 unspecified atom stereocenters. The van der Waals surface area contributed by atoms with E-state index in [4.69, 9.17) is 14.6 Å². The summed E-state index contributed by atoms with van der Waals surface area (Å²) < 4.78 is 50.2. The van der Waals surface area contributed by atoms with E-state index < -0.39 is 20.6 Å². The first kappa shape index (κ1) is 30.1. The van der Waals surface area contributed by atoms with Crippen LogP contribution in [0.5, 0.6) is 11.5 Å². The van der Waals surface area contributed by atoms with E-state index in [0.717, 1.165) is 75.9 Å². The number of fused-ring (bicyclic) bond motifs is 2. The molecule has 2 atom stereocenters. The average Bonchev–Trinajstić information content (AvgIpc) is 3.51. The van der Waals surface area contributed by atoms with Crippen LogP contribution in [0.4, 0.5) is 4.39 Å². The Labute approximate surface area is 247 Å². The normalized spacial score (nSPS) is 18.0. The van der Waals surface area contributed by atoms with Gasteiger partial charge >= 0.3 is 5.97 Å². The molecule has 6 nitrogen and oxygen atoms in total. The lowest BCUT2D eigenvalue weighted by atomic mass is 9.88. The maximum Gasteiger partial charge on any atom is 0.304 e. The molecule has 1 heterocycles. The minimum atomic E-state index is -3.28. The van der Waals surface area contributed by atoms with Crippen molar-refractivity contribution in [2.45, 2.75) is 76.4 Å². The number of aliphatic carboxylic acids is 1. The number of rotatable bonds is 10. The van der Waals surface area contributed by atoms with Crippen molar-refractivity contribution in [3.63, 3.8) is 0 Å². The molecule has 42 heavy (non-hydrogen) atoms. The molecule has 0 saturated carbocycles. The zero-order valence-electron chi connectivity index (χ0n) is 24.9. The molecule has 0 saturated heterocycles. The summed E-state index contributed by atoms with van der Waals surface area (Å²) in [6.07, 6.45) is 4.55. The van der Waals surface area contributed by atoms with Crippen LogP contribution in [0, 0.1) is 19.7 Å². The van der Waals surface area contributed by atoms with Crippen molar-refractivity contribution in [1.29, 1.82) is 0 Å². The Balaban J connectivity index is 1.34. The van der Waals surface area contributed by atoms with Gasteiger partial charge < -0.3 is 14.6 Å².